The van der Waals surface area contributed by atoms with E-state index >= 15 is 0 Å². The molecule has 1 saturated heterocycles. The zero-order valence-electron chi connectivity index (χ0n) is 12.9. The third-order valence-corrected chi connectivity index (χ3v) is 5.22. The summed E-state index contributed by atoms with van der Waals surface area (Å²) in [5.41, 5.74) is 1.84. The summed E-state index contributed by atoms with van der Waals surface area (Å²) in [6.45, 7) is 1.74. The number of rotatable bonds is 3. The Bertz CT molecular complexity index is 680. The number of pyridine rings is 1. The highest BCUT2D eigenvalue weighted by Crippen LogP contribution is 2.44. The standard InChI is InChI=1S/C16H22N4O2/c1-22-14-4-3-12-15(19-14)18-13(17-12)10-20-8-5-11(21)9-16(20)6-2-7-16/h3-4,11,21H,2,5-10H2,1H3,(H,17,18,19). The smallest absolute Gasteiger partial charge is 0.215 e. The lowest BCUT2D eigenvalue weighted by atomic mass is 9.69. The van der Waals surface area contributed by atoms with Crippen LogP contribution >= 0.6 is 0 Å². The number of hydrogen-bond acceptors (Lipinski definition) is 5. The average molecular weight is 302 g/mol. The molecule has 0 aromatic carbocycles. The third-order valence-electron chi connectivity index (χ3n) is 5.22. The van der Waals surface area contributed by atoms with Crippen molar-refractivity contribution in [3.63, 3.8) is 0 Å². The van der Waals surface area contributed by atoms with Gasteiger partial charge in [-0.2, -0.15) is 4.98 Å². The van der Waals surface area contributed by atoms with Gasteiger partial charge >= 0.3 is 0 Å². The molecule has 0 bridgehead atoms. The lowest BCUT2D eigenvalue weighted by Gasteiger charge is -2.54. The number of aromatic nitrogens is 3. The van der Waals surface area contributed by atoms with Gasteiger partial charge in [0.1, 0.15) is 5.82 Å². The molecule has 1 aliphatic heterocycles. The van der Waals surface area contributed by atoms with Crippen molar-refractivity contribution in [2.24, 2.45) is 0 Å². The number of likely N-dealkylation sites (tertiary alicyclic amines) is 1. The van der Waals surface area contributed by atoms with Crippen LogP contribution in [0.2, 0.25) is 0 Å². The third kappa shape index (κ3) is 2.27. The number of methoxy groups -OCH3 is 1. The fourth-order valence-electron chi connectivity index (χ4n) is 3.86. The molecule has 2 aromatic heterocycles. The van der Waals surface area contributed by atoms with E-state index in [9.17, 15) is 5.11 Å². The molecule has 0 amide bonds. The first-order chi connectivity index (χ1) is 10.7. The van der Waals surface area contributed by atoms with E-state index in [2.05, 4.69) is 19.9 Å². The van der Waals surface area contributed by atoms with E-state index in [1.165, 1.54) is 19.3 Å². The normalized spacial score (nSPS) is 24.5. The van der Waals surface area contributed by atoms with Gasteiger partial charge in [0, 0.05) is 18.2 Å². The van der Waals surface area contributed by atoms with Crippen LogP contribution in [-0.4, -0.2) is 50.3 Å². The molecule has 2 aromatic rings. The van der Waals surface area contributed by atoms with Crippen molar-refractivity contribution in [2.75, 3.05) is 13.7 Å². The van der Waals surface area contributed by atoms with Crippen molar-refractivity contribution in [2.45, 2.75) is 50.3 Å². The number of piperidine rings is 1. The highest BCUT2D eigenvalue weighted by molar-refractivity contribution is 5.71. The minimum atomic E-state index is -0.141. The molecule has 6 nitrogen and oxygen atoms in total. The number of hydrogen-bond donors (Lipinski definition) is 2. The van der Waals surface area contributed by atoms with Crippen molar-refractivity contribution in [1.29, 1.82) is 0 Å². The number of nitrogens with one attached hydrogen (secondary N) is 1. The van der Waals surface area contributed by atoms with Gasteiger partial charge in [-0.1, -0.05) is 0 Å². The quantitative estimate of drug-likeness (QED) is 0.905. The van der Waals surface area contributed by atoms with Crippen molar-refractivity contribution >= 4 is 11.2 Å². The summed E-state index contributed by atoms with van der Waals surface area (Å²) in [7, 11) is 1.61. The highest BCUT2D eigenvalue weighted by Gasteiger charge is 2.46. The van der Waals surface area contributed by atoms with Crippen LogP contribution in [0, 0.1) is 0 Å². The molecule has 2 N–H and O–H groups in total. The average Bonchev–Trinajstić information content (AvgIpc) is 2.88. The van der Waals surface area contributed by atoms with Crippen LogP contribution in [0.3, 0.4) is 0 Å². The highest BCUT2D eigenvalue weighted by atomic mass is 16.5. The van der Waals surface area contributed by atoms with E-state index in [0.717, 1.165) is 37.3 Å². The Kier molecular flexibility index (Phi) is 3.31. The van der Waals surface area contributed by atoms with Crippen molar-refractivity contribution in [3.05, 3.63) is 18.0 Å². The van der Waals surface area contributed by atoms with Crippen LogP contribution in [-0.2, 0) is 6.54 Å². The molecule has 6 heteroatoms. The molecule has 3 heterocycles. The van der Waals surface area contributed by atoms with Gasteiger partial charge in [0.05, 0.1) is 25.3 Å². The van der Waals surface area contributed by atoms with Crippen LogP contribution < -0.4 is 4.74 Å². The summed E-state index contributed by atoms with van der Waals surface area (Å²) in [6.07, 6.45) is 5.26. The van der Waals surface area contributed by atoms with E-state index in [-0.39, 0.29) is 11.6 Å². The maximum atomic E-state index is 9.99. The Labute approximate surface area is 129 Å². The first kappa shape index (κ1) is 14.0. The molecule has 2 fully saturated rings. The predicted molar refractivity (Wildman–Crippen MR) is 82.7 cm³/mol. The molecule has 1 saturated carbocycles. The molecule has 0 radical (unpaired) electrons. The number of H-pyrrole nitrogens is 1. The van der Waals surface area contributed by atoms with Crippen LogP contribution in [0.5, 0.6) is 5.88 Å². The second-order valence-corrected chi connectivity index (χ2v) is 6.55. The van der Waals surface area contributed by atoms with Crippen molar-refractivity contribution < 1.29 is 9.84 Å². The van der Waals surface area contributed by atoms with Gasteiger partial charge in [0.15, 0.2) is 5.65 Å². The van der Waals surface area contributed by atoms with Gasteiger partial charge in [0.25, 0.3) is 0 Å². The second kappa shape index (κ2) is 5.21. The molecule has 2 aliphatic rings. The molecule has 1 spiro atoms. The Morgan fingerprint density at radius 1 is 1.41 bits per heavy atom. The number of fused-ring (bicyclic) bond motifs is 1. The van der Waals surface area contributed by atoms with E-state index in [4.69, 9.17) is 4.74 Å². The first-order valence-electron chi connectivity index (χ1n) is 8.01. The van der Waals surface area contributed by atoms with Gasteiger partial charge < -0.3 is 14.8 Å². The second-order valence-electron chi connectivity index (χ2n) is 6.55. The largest absolute Gasteiger partial charge is 0.481 e. The van der Waals surface area contributed by atoms with Gasteiger partial charge in [0.2, 0.25) is 5.88 Å². The Morgan fingerprint density at radius 3 is 3.00 bits per heavy atom. The Hall–Kier alpha value is -1.66. The first-order valence-corrected chi connectivity index (χ1v) is 8.01. The molecule has 22 heavy (non-hydrogen) atoms. The van der Waals surface area contributed by atoms with Crippen LogP contribution in [0.15, 0.2) is 12.1 Å². The van der Waals surface area contributed by atoms with E-state index in [1.807, 2.05) is 12.1 Å². The number of aliphatic hydroxyl groups is 1. The van der Waals surface area contributed by atoms with E-state index in [1.54, 1.807) is 7.11 Å². The summed E-state index contributed by atoms with van der Waals surface area (Å²) in [5.74, 6) is 1.53. The van der Waals surface area contributed by atoms with Crippen molar-refractivity contribution in [3.8, 4) is 5.88 Å². The fraction of sp³-hybridized carbons (Fsp3) is 0.625. The monoisotopic (exact) mass is 302 g/mol. The maximum absolute atomic E-state index is 9.99. The molecular formula is C16H22N4O2. The number of aliphatic hydroxyl groups excluding tert-OH is 1. The molecule has 4 rings (SSSR count). The molecule has 1 atom stereocenters. The summed E-state index contributed by atoms with van der Waals surface area (Å²) in [5, 5.41) is 9.99. The topological polar surface area (TPSA) is 74.3 Å². The molecule has 118 valence electrons. The summed E-state index contributed by atoms with van der Waals surface area (Å²) in [4.78, 5) is 14.8. The zero-order chi connectivity index (χ0) is 15.2. The number of imidazole rings is 1. The molecular weight excluding hydrogens is 280 g/mol. The Morgan fingerprint density at radius 2 is 2.27 bits per heavy atom. The number of ether oxygens (including phenoxy) is 1. The lowest BCUT2D eigenvalue weighted by molar-refractivity contribution is -0.0712. The number of aromatic amines is 1. The lowest BCUT2D eigenvalue weighted by Crippen LogP contribution is -2.58. The SMILES string of the molecule is COc1ccc2[nH]c(CN3CCC(O)CC34CCC4)nc2n1. The van der Waals surface area contributed by atoms with Crippen LogP contribution in [0.1, 0.15) is 37.9 Å². The zero-order valence-corrected chi connectivity index (χ0v) is 12.9. The van der Waals surface area contributed by atoms with Gasteiger partial charge in [-0.15, -0.1) is 0 Å². The predicted octanol–water partition coefficient (Wildman–Crippen LogP) is 1.85. The van der Waals surface area contributed by atoms with Gasteiger partial charge in [-0.25, -0.2) is 4.98 Å². The van der Waals surface area contributed by atoms with Gasteiger partial charge in [-0.3, -0.25) is 4.90 Å². The maximum Gasteiger partial charge on any atom is 0.215 e. The number of nitrogens with zero attached hydrogens (tertiary/aromatic N) is 3. The summed E-state index contributed by atoms with van der Waals surface area (Å²) < 4.78 is 5.15. The van der Waals surface area contributed by atoms with Crippen LogP contribution in [0.25, 0.3) is 11.2 Å². The van der Waals surface area contributed by atoms with Gasteiger partial charge in [-0.05, 0) is 38.2 Å². The van der Waals surface area contributed by atoms with Crippen LogP contribution in [0.4, 0.5) is 0 Å². The van der Waals surface area contributed by atoms with E-state index in [0.29, 0.717) is 11.5 Å². The Balaban J connectivity index is 1.57. The fourth-order valence-corrected chi connectivity index (χ4v) is 3.86. The molecule has 1 unspecified atom stereocenters. The van der Waals surface area contributed by atoms with E-state index < -0.39 is 0 Å². The minimum absolute atomic E-state index is 0.141. The van der Waals surface area contributed by atoms with Crippen molar-refractivity contribution in [1.82, 2.24) is 19.9 Å². The molecule has 1 aliphatic carbocycles. The summed E-state index contributed by atoms with van der Waals surface area (Å²) in [6, 6.07) is 3.80. The summed E-state index contributed by atoms with van der Waals surface area (Å²) >= 11 is 0. The minimum Gasteiger partial charge on any atom is -0.481 e.